The normalized spacial score (nSPS) is 12.2. The molecule has 0 aliphatic rings. The standard InChI is InChI=1S/C17H21NOS/c1-3-19-15-9-5-13(6-10-15)17(18)14-7-11-16(12-8-14)20-4-2/h5-12,17H,3-4,18H2,1-2H3. The molecule has 0 aliphatic carbocycles. The molecule has 0 amide bonds. The van der Waals surface area contributed by atoms with Crippen LogP contribution in [0.5, 0.6) is 5.75 Å². The van der Waals surface area contributed by atoms with Crippen molar-refractivity contribution in [3.8, 4) is 5.75 Å². The highest BCUT2D eigenvalue weighted by atomic mass is 32.2. The van der Waals surface area contributed by atoms with Crippen LogP contribution in [0.15, 0.2) is 53.4 Å². The fourth-order valence-corrected chi connectivity index (χ4v) is 2.73. The Morgan fingerprint density at radius 3 is 2.00 bits per heavy atom. The third kappa shape index (κ3) is 3.78. The Balaban J connectivity index is 2.11. The Kier molecular flexibility index (Phi) is 5.50. The van der Waals surface area contributed by atoms with Gasteiger partial charge < -0.3 is 10.5 Å². The summed E-state index contributed by atoms with van der Waals surface area (Å²) in [4.78, 5) is 1.29. The minimum absolute atomic E-state index is 0.0913. The lowest BCUT2D eigenvalue weighted by atomic mass is 10.00. The average Bonchev–Trinajstić information content (AvgIpc) is 2.49. The predicted molar refractivity (Wildman–Crippen MR) is 86.5 cm³/mol. The molecule has 106 valence electrons. The molecule has 0 saturated heterocycles. The summed E-state index contributed by atoms with van der Waals surface area (Å²) in [5, 5.41) is 0. The predicted octanol–water partition coefficient (Wildman–Crippen LogP) is 4.25. The molecule has 20 heavy (non-hydrogen) atoms. The van der Waals surface area contributed by atoms with Gasteiger partial charge in [-0.2, -0.15) is 0 Å². The Bertz CT molecular complexity index is 472. The van der Waals surface area contributed by atoms with Gasteiger partial charge in [0, 0.05) is 4.90 Å². The summed E-state index contributed by atoms with van der Waals surface area (Å²) in [5.41, 5.74) is 8.55. The van der Waals surface area contributed by atoms with Crippen molar-refractivity contribution < 1.29 is 4.74 Å². The van der Waals surface area contributed by atoms with E-state index in [-0.39, 0.29) is 6.04 Å². The minimum atomic E-state index is -0.0913. The second-order valence-electron chi connectivity index (χ2n) is 4.48. The van der Waals surface area contributed by atoms with Gasteiger partial charge in [0.15, 0.2) is 0 Å². The van der Waals surface area contributed by atoms with Crippen LogP contribution in [0, 0.1) is 0 Å². The van der Waals surface area contributed by atoms with Gasteiger partial charge in [0.05, 0.1) is 12.6 Å². The zero-order valence-electron chi connectivity index (χ0n) is 12.0. The molecule has 0 saturated carbocycles. The van der Waals surface area contributed by atoms with Crippen molar-refractivity contribution in [2.45, 2.75) is 24.8 Å². The van der Waals surface area contributed by atoms with Gasteiger partial charge in [-0.15, -0.1) is 11.8 Å². The highest BCUT2D eigenvalue weighted by Crippen LogP contribution is 2.24. The number of ether oxygens (including phenoxy) is 1. The molecule has 1 atom stereocenters. The van der Waals surface area contributed by atoms with E-state index in [9.17, 15) is 0 Å². The molecular weight excluding hydrogens is 266 g/mol. The average molecular weight is 287 g/mol. The van der Waals surface area contributed by atoms with Crippen molar-refractivity contribution in [3.63, 3.8) is 0 Å². The van der Waals surface area contributed by atoms with Crippen LogP contribution in [-0.2, 0) is 0 Å². The largest absolute Gasteiger partial charge is 0.494 e. The first kappa shape index (κ1) is 14.9. The number of hydrogen-bond acceptors (Lipinski definition) is 3. The SMILES string of the molecule is CCOc1ccc(C(N)c2ccc(SCC)cc2)cc1. The van der Waals surface area contributed by atoms with Crippen LogP contribution in [0.4, 0.5) is 0 Å². The fraction of sp³-hybridized carbons (Fsp3) is 0.294. The molecule has 1 unspecified atom stereocenters. The van der Waals surface area contributed by atoms with Crippen LogP contribution in [0.2, 0.25) is 0 Å². The monoisotopic (exact) mass is 287 g/mol. The Morgan fingerprint density at radius 2 is 1.50 bits per heavy atom. The lowest BCUT2D eigenvalue weighted by Gasteiger charge is -2.14. The first-order valence-electron chi connectivity index (χ1n) is 6.95. The quantitative estimate of drug-likeness (QED) is 0.807. The lowest BCUT2D eigenvalue weighted by molar-refractivity contribution is 0.340. The third-order valence-corrected chi connectivity index (χ3v) is 3.99. The topological polar surface area (TPSA) is 35.2 Å². The van der Waals surface area contributed by atoms with Crippen molar-refractivity contribution >= 4 is 11.8 Å². The van der Waals surface area contributed by atoms with Crippen LogP contribution in [0.1, 0.15) is 31.0 Å². The molecule has 2 aromatic carbocycles. The van der Waals surface area contributed by atoms with Crippen molar-refractivity contribution in [2.75, 3.05) is 12.4 Å². The molecule has 0 bridgehead atoms. The molecule has 2 aromatic rings. The minimum Gasteiger partial charge on any atom is -0.494 e. The molecule has 0 spiro atoms. The van der Waals surface area contributed by atoms with E-state index in [0.717, 1.165) is 22.6 Å². The number of thioether (sulfide) groups is 1. The van der Waals surface area contributed by atoms with Gasteiger partial charge in [-0.05, 0) is 48.1 Å². The van der Waals surface area contributed by atoms with E-state index >= 15 is 0 Å². The van der Waals surface area contributed by atoms with Crippen molar-refractivity contribution in [3.05, 3.63) is 59.7 Å². The Hall–Kier alpha value is -1.45. The summed E-state index contributed by atoms with van der Waals surface area (Å²) in [5.74, 6) is 1.97. The second-order valence-corrected chi connectivity index (χ2v) is 5.82. The number of rotatable bonds is 6. The molecular formula is C17H21NOS. The zero-order chi connectivity index (χ0) is 14.4. The molecule has 2 nitrogen and oxygen atoms in total. The van der Waals surface area contributed by atoms with Gasteiger partial charge in [-0.1, -0.05) is 31.2 Å². The summed E-state index contributed by atoms with van der Waals surface area (Å²) in [6.07, 6.45) is 0. The number of benzene rings is 2. The van der Waals surface area contributed by atoms with Gasteiger partial charge in [-0.3, -0.25) is 0 Å². The van der Waals surface area contributed by atoms with Crippen molar-refractivity contribution in [2.24, 2.45) is 5.73 Å². The third-order valence-electron chi connectivity index (χ3n) is 3.10. The molecule has 0 radical (unpaired) electrons. The summed E-state index contributed by atoms with van der Waals surface area (Å²) in [7, 11) is 0. The first-order chi connectivity index (χ1) is 9.74. The van der Waals surface area contributed by atoms with E-state index in [1.165, 1.54) is 4.90 Å². The highest BCUT2D eigenvalue weighted by molar-refractivity contribution is 7.99. The van der Waals surface area contributed by atoms with Gasteiger partial charge in [0.1, 0.15) is 5.75 Å². The summed E-state index contributed by atoms with van der Waals surface area (Å²) >= 11 is 1.84. The van der Waals surface area contributed by atoms with Gasteiger partial charge in [0.25, 0.3) is 0 Å². The van der Waals surface area contributed by atoms with E-state index < -0.39 is 0 Å². The summed E-state index contributed by atoms with van der Waals surface area (Å²) in [6.45, 7) is 4.82. The first-order valence-corrected chi connectivity index (χ1v) is 7.94. The van der Waals surface area contributed by atoms with Gasteiger partial charge >= 0.3 is 0 Å². The van der Waals surface area contributed by atoms with Gasteiger partial charge in [-0.25, -0.2) is 0 Å². The molecule has 2 N–H and O–H groups in total. The fourth-order valence-electron chi connectivity index (χ4n) is 2.07. The summed E-state index contributed by atoms with van der Waals surface area (Å²) < 4.78 is 5.45. The van der Waals surface area contributed by atoms with E-state index in [4.69, 9.17) is 10.5 Å². The van der Waals surface area contributed by atoms with E-state index in [0.29, 0.717) is 6.61 Å². The Morgan fingerprint density at radius 1 is 0.950 bits per heavy atom. The lowest BCUT2D eigenvalue weighted by Crippen LogP contribution is -2.11. The van der Waals surface area contributed by atoms with E-state index in [1.54, 1.807) is 0 Å². The van der Waals surface area contributed by atoms with Crippen molar-refractivity contribution in [1.29, 1.82) is 0 Å². The van der Waals surface area contributed by atoms with Crippen LogP contribution >= 0.6 is 11.8 Å². The number of nitrogens with two attached hydrogens (primary N) is 1. The summed E-state index contributed by atoms with van der Waals surface area (Å²) in [6, 6.07) is 16.4. The highest BCUT2D eigenvalue weighted by Gasteiger charge is 2.09. The van der Waals surface area contributed by atoms with Crippen LogP contribution in [0.3, 0.4) is 0 Å². The molecule has 2 rings (SSSR count). The maximum Gasteiger partial charge on any atom is 0.119 e. The Labute approximate surface area is 125 Å². The molecule has 0 fully saturated rings. The smallest absolute Gasteiger partial charge is 0.119 e. The van der Waals surface area contributed by atoms with Crippen molar-refractivity contribution in [1.82, 2.24) is 0 Å². The second kappa shape index (κ2) is 7.36. The van der Waals surface area contributed by atoms with Gasteiger partial charge in [0.2, 0.25) is 0 Å². The molecule has 0 aliphatic heterocycles. The van der Waals surface area contributed by atoms with Crippen LogP contribution in [0.25, 0.3) is 0 Å². The van der Waals surface area contributed by atoms with Crippen LogP contribution in [-0.4, -0.2) is 12.4 Å². The molecule has 0 heterocycles. The van der Waals surface area contributed by atoms with E-state index in [2.05, 4.69) is 31.2 Å². The molecule has 0 aromatic heterocycles. The maximum atomic E-state index is 6.32. The zero-order valence-corrected chi connectivity index (χ0v) is 12.8. The maximum absolute atomic E-state index is 6.32. The van der Waals surface area contributed by atoms with E-state index in [1.807, 2.05) is 43.0 Å². The number of hydrogen-bond donors (Lipinski definition) is 1. The van der Waals surface area contributed by atoms with Crippen LogP contribution < -0.4 is 10.5 Å². The molecule has 3 heteroatoms.